The smallest absolute Gasteiger partial charge is 0.174 e. The maximum atomic E-state index is 5.93. The van der Waals surface area contributed by atoms with Crippen molar-refractivity contribution in [1.29, 1.82) is 0 Å². The van der Waals surface area contributed by atoms with Gasteiger partial charge in [0.25, 0.3) is 0 Å². The highest BCUT2D eigenvalue weighted by molar-refractivity contribution is 9.10. The summed E-state index contributed by atoms with van der Waals surface area (Å²) in [7, 11) is 0. The molecule has 4 aromatic rings. The van der Waals surface area contributed by atoms with E-state index in [-0.39, 0.29) is 12.1 Å². The van der Waals surface area contributed by atoms with Crippen molar-refractivity contribution in [2.75, 3.05) is 4.90 Å². The van der Waals surface area contributed by atoms with Gasteiger partial charge in [-0.25, -0.2) is 0 Å². The average Bonchev–Trinajstić information content (AvgIpc) is 3.34. The molecule has 1 fully saturated rings. The number of rotatable bonds is 5. The Morgan fingerprint density at radius 1 is 0.943 bits per heavy atom. The second kappa shape index (κ2) is 9.59. The van der Waals surface area contributed by atoms with Crippen LogP contribution >= 0.6 is 28.1 Å². The molecule has 0 radical (unpaired) electrons. The predicted octanol–water partition coefficient (Wildman–Crippen LogP) is 7.55. The quantitative estimate of drug-likeness (QED) is 0.263. The zero-order chi connectivity index (χ0) is 24.7. The fourth-order valence-electron chi connectivity index (χ4n) is 5.07. The van der Waals surface area contributed by atoms with Crippen LogP contribution in [0.15, 0.2) is 83.5 Å². The van der Waals surface area contributed by atoms with Crippen LogP contribution in [0, 0.1) is 13.8 Å². The van der Waals surface area contributed by atoms with E-state index in [0.29, 0.717) is 5.92 Å². The molecule has 1 saturated heterocycles. The minimum atomic E-state index is -0.0649. The van der Waals surface area contributed by atoms with Gasteiger partial charge in [0.05, 0.1) is 17.8 Å². The Labute approximate surface area is 221 Å². The maximum Gasteiger partial charge on any atom is 0.174 e. The summed E-state index contributed by atoms with van der Waals surface area (Å²) in [6, 6.07) is 25.5. The van der Waals surface area contributed by atoms with Crippen molar-refractivity contribution in [2.24, 2.45) is 0 Å². The molecule has 3 heterocycles. The molecule has 178 valence electrons. The van der Waals surface area contributed by atoms with Crippen LogP contribution in [0.25, 0.3) is 5.69 Å². The van der Waals surface area contributed by atoms with Gasteiger partial charge in [0.2, 0.25) is 0 Å². The minimum absolute atomic E-state index is 0.0330. The summed E-state index contributed by atoms with van der Waals surface area (Å²) >= 11 is 9.56. The molecule has 0 saturated carbocycles. The third kappa shape index (κ3) is 4.41. The Morgan fingerprint density at radius 3 is 2.37 bits per heavy atom. The number of hydrogen-bond donors (Lipinski definition) is 1. The Kier molecular flexibility index (Phi) is 6.51. The second-order valence-electron chi connectivity index (χ2n) is 9.38. The van der Waals surface area contributed by atoms with Crippen LogP contribution in [0.3, 0.4) is 0 Å². The van der Waals surface area contributed by atoms with Gasteiger partial charge in [-0.2, -0.15) is 0 Å². The first-order chi connectivity index (χ1) is 16.8. The van der Waals surface area contributed by atoms with E-state index in [2.05, 4.69) is 119 Å². The summed E-state index contributed by atoms with van der Waals surface area (Å²) in [5.41, 5.74) is 8.13. The van der Waals surface area contributed by atoms with E-state index in [0.717, 1.165) is 26.7 Å². The summed E-state index contributed by atoms with van der Waals surface area (Å²) in [4.78, 5) is 6.96. The summed E-state index contributed by atoms with van der Waals surface area (Å²) in [6.45, 7) is 8.79. The second-order valence-corrected chi connectivity index (χ2v) is 10.7. The van der Waals surface area contributed by atoms with Crippen molar-refractivity contribution in [1.82, 2.24) is 14.9 Å². The van der Waals surface area contributed by atoms with Gasteiger partial charge in [0.1, 0.15) is 0 Å². The summed E-state index contributed by atoms with van der Waals surface area (Å²) < 4.78 is 3.38. The van der Waals surface area contributed by atoms with Gasteiger partial charge in [0, 0.05) is 33.4 Å². The number of pyridine rings is 1. The molecule has 0 aliphatic carbocycles. The van der Waals surface area contributed by atoms with Gasteiger partial charge in [-0.3, -0.25) is 4.98 Å². The zero-order valence-corrected chi connectivity index (χ0v) is 22.8. The summed E-state index contributed by atoms with van der Waals surface area (Å²) in [6.07, 6.45) is 1.85. The monoisotopic (exact) mass is 544 g/mol. The SMILES string of the molecule is Cc1cc([C@H]2[C@H](c3ccccn3)NC(=S)N2c2ccc(C(C)C)cc2)c(C)n1-c1cccc(Br)c1. The first kappa shape index (κ1) is 23.8. The Balaban J connectivity index is 1.66. The molecule has 1 aliphatic rings. The summed E-state index contributed by atoms with van der Waals surface area (Å²) in [5, 5.41) is 4.31. The number of aromatic nitrogens is 2. The molecule has 2 aromatic carbocycles. The van der Waals surface area contributed by atoms with Crippen LogP contribution in [0.1, 0.15) is 60.1 Å². The largest absolute Gasteiger partial charge is 0.351 e. The molecule has 2 atom stereocenters. The van der Waals surface area contributed by atoms with Crippen LogP contribution < -0.4 is 10.2 Å². The van der Waals surface area contributed by atoms with E-state index in [4.69, 9.17) is 17.2 Å². The number of halogens is 1. The van der Waals surface area contributed by atoms with Crippen molar-refractivity contribution in [2.45, 2.75) is 45.7 Å². The molecule has 0 unspecified atom stereocenters. The molecule has 4 nitrogen and oxygen atoms in total. The molecular weight excluding hydrogens is 516 g/mol. The Hall–Kier alpha value is -2.96. The average molecular weight is 546 g/mol. The predicted molar refractivity (Wildman–Crippen MR) is 151 cm³/mol. The molecule has 5 rings (SSSR count). The van der Waals surface area contributed by atoms with E-state index in [1.54, 1.807) is 0 Å². The van der Waals surface area contributed by atoms with Crippen molar-refractivity contribution < 1.29 is 0 Å². The highest BCUT2D eigenvalue weighted by Gasteiger charge is 2.42. The molecule has 6 heteroatoms. The van der Waals surface area contributed by atoms with E-state index in [1.807, 2.05) is 18.3 Å². The minimum Gasteiger partial charge on any atom is -0.351 e. The molecular formula is C29H29BrN4S. The van der Waals surface area contributed by atoms with E-state index in [9.17, 15) is 0 Å². The Bertz CT molecular complexity index is 1360. The third-order valence-electron chi connectivity index (χ3n) is 6.79. The fraction of sp³-hybridized carbons (Fsp3) is 0.241. The highest BCUT2D eigenvalue weighted by Crippen LogP contribution is 2.44. The van der Waals surface area contributed by atoms with Crippen molar-refractivity contribution in [3.8, 4) is 5.69 Å². The number of nitrogens with zero attached hydrogens (tertiary/aromatic N) is 3. The zero-order valence-electron chi connectivity index (χ0n) is 20.4. The van der Waals surface area contributed by atoms with Crippen molar-refractivity contribution in [3.63, 3.8) is 0 Å². The Morgan fingerprint density at radius 2 is 1.71 bits per heavy atom. The number of thiocarbonyl (C=S) groups is 1. The standard InChI is InChI=1S/C29H29BrN4S/c1-18(2)21-11-13-23(14-12-21)34-28(27(32-29(34)35)26-10-5-6-15-31-26)25-16-19(3)33(20(25)4)24-9-7-8-22(30)17-24/h5-18,27-28H,1-4H3,(H,32,35)/t27-,28-/m0/s1. The van der Waals surface area contributed by atoms with Gasteiger partial charge in [-0.1, -0.05) is 54.0 Å². The number of nitrogens with one attached hydrogen (secondary N) is 1. The number of hydrogen-bond acceptors (Lipinski definition) is 2. The van der Waals surface area contributed by atoms with Gasteiger partial charge in [0.15, 0.2) is 5.11 Å². The lowest BCUT2D eigenvalue weighted by molar-refractivity contribution is 0.565. The third-order valence-corrected chi connectivity index (χ3v) is 7.60. The molecule has 0 amide bonds. The fourth-order valence-corrected chi connectivity index (χ4v) is 5.80. The topological polar surface area (TPSA) is 33.1 Å². The molecule has 1 N–H and O–H groups in total. The summed E-state index contributed by atoms with van der Waals surface area (Å²) in [5.74, 6) is 0.480. The molecule has 35 heavy (non-hydrogen) atoms. The molecule has 1 aliphatic heterocycles. The first-order valence-electron chi connectivity index (χ1n) is 11.9. The first-order valence-corrected chi connectivity index (χ1v) is 13.1. The normalized spacial score (nSPS) is 17.8. The lowest BCUT2D eigenvalue weighted by Gasteiger charge is -2.28. The van der Waals surface area contributed by atoms with Crippen molar-refractivity contribution in [3.05, 3.63) is 112 Å². The highest BCUT2D eigenvalue weighted by atomic mass is 79.9. The van der Waals surface area contributed by atoms with Gasteiger partial charge < -0.3 is 14.8 Å². The van der Waals surface area contributed by atoms with E-state index >= 15 is 0 Å². The van der Waals surface area contributed by atoms with Gasteiger partial charge >= 0.3 is 0 Å². The van der Waals surface area contributed by atoms with Crippen LogP contribution in [0.5, 0.6) is 0 Å². The number of anilines is 1. The lowest BCUT2D eigenvalue weighted by Crippen LogP contribution is -2.29. The van der Waals surface area contributed by atoms with Crippen molar-refractivity contribution >= 4 is 38.9 Å². The van der Waals surface area contributed by atoms with E-state index < -0.39 is 0 Å². The molecule has 2 aromatic heterocycles. The van der Waals surface area contributed by atoms with Crippen LogP contribution in [-0.4, -0.2) is 14.7 Å². The maximum absolute atomic E-state index is 5.93. The van der Waals surface area contributed by atoms with Crippen LogP contribution in [-0.2, 0) is 0 Å². The molecule has 0 spiro atoms. The van der Waals surface area contributed by atoms with Gasteiger partial charge in [-0.05, 0) is 91.6 Å². The number of aryl methyl sites for hydroxylation is 1. The van der Waals surface area contributed by atoms with E-state index in [1.165, 1.54) is 22.5 Å². The van der Waals surface area contributed by atoms with Gasteiger partial charge in [-0.15, -0.1) is 0 Å². The molecule has 0 bridgehead atoms. The van der Waals surface area contributed by atoms with Crippen LogP contribution in [0.4, 0.5) is 5.69 Å². The number of benzene rings is 2. The lowest BCUT2D eigenvalue weighted by atomic mass is 9.96. The van der Waals surface area contributed by atoms with Crippen LogP contribution in [0.2, 0.25) is 0 Å².